The second kappa shape index (κ2) is 5.50. The molecule has 16 heavy (non-hydrogen) atoms. The monoisotopic (exact) mass is 224 g/mol. The first-order valence-corrected chi connectivity index (χ1v) is 7.08. The van der Waals surface area contributed by atoms with Gasteiger partial charge in [0, 0.05) is 25.7 Å². The number of nitrogens with one attached hydrogen (secondary N) is 1. The molecule has 1 saturated carbocycles. The van der Waals surface area contributed by atoms with Crippen LogP contribution >= 0.6 is 0 Å². The third kappa shape index (κ3) is 2.98. The number of rotatable bonds is 4. The van der Waals surface area contributed by atoms with Crippen LogP contribution in [0.15, 0.2) is 0 Å². The molecule has 2 unspecified atom stereocenters. The lowest BCUT2D eigenvalue weighted by molar-refractivity contribution is 0.0868. The molecule has 2 rings (SSSR count). The summed E-state index contributed by atoms with van der Waals surface area (Å²) < 4.78 is 0. The molecule has 2 nitrogen and oxygen atoms in total. The largest absolute Gasteiger partial charge is 0.316 e. The average molecular weight is 224 g/mol. The zero-order chi connectivity index (χ0) is 11.5. The van der Waals surface area contributed by atoms with Crippen LogP contribution in [0.5, 0.6) is 0 Å². The summed E-state index contributed by atoms with van der Waals surface area (Å²) in [5, 5.41) is 3.49. The van der Waals surface area contributed by atoms with Crippen molar-refractivity contribution in [3.8, 4) is 0 Å². The zero-order valence-electron chi connectivity index (χ0n) is 11.2. The maximum absolute atomic E-state index is 3.49. The molecule has 1 aliphatic heterocycles. The Labute approximate surface area is 101 Å². The molecule has 2 heteroatoms. The van der Waals surface area contributed by atoms with Crippen LogP contribution in [0.1, 0.15) is 39.5 Å². The van der Waals surface area contributed by atoms with Gasteiger partial charge < -0.3 is 10.2 Å². The topological polar surface area (TPSA) is 15.3 Å². The van der Waals surface area contributed by atoms with Crippen LogP contribution in [-0.4, -0.2) is 37.6 Å². The maximum atomic E-state index is 3.49. The average Bonchev–Trinajstić information content (AvgIpc) is 2.23. The Morgan fingerprint density at radius 1 is 1.25 bits per heavy atom. The highest BCUT2D eigenvalue weighted by molar-refractivity contribution is 4.86. The summed E-state index contributed by atoms with van der Waals surface area (Å²) in [4.78, 5) is 2.72. The van der Waals surface area contributed by atoms with Gasteiger partial charge in [0.15, 0.2) is 0 Å². The van der Waals surface area contributed by atoms with Crippen LogP contribution in [0, 0.1) is 17.8 Å². The lowest BCUT2D eigenvalue weighted by Gasteiger charge is -2.42. The van der Waals surface area contributed by atoms with Crippen molar-refractivity contribution in [2.75, 3.05) is 26.7 Å². The molecule has 0 aromatic carbocycles. The molecular weight excluding hydrogens is 196 g/mol. The van der Waals surface area contributed by atoms with Gasteiger partial charge in [0.1, 0.15) is 0 Å². The van der Waals surface area contributed by atoms with Gasteiger partial charge in [0.05, 0.1) is 0 Å². The second-order valence-corrected chi connectivity index (χ2v) is 6.24. The van der Waals surface area contributed by atoms with Gasteiger partial charge in [-0.3, -0.25) is 0 Å². The van der Waals surface area contributed by atoms with Gasteiger partial charge in [-0.2, -0.15) is 0 Å². The third-order valence-electron chi connectivity index (χ3n) is 4.65. The van der Waals surface area contributed by atoms with Crippen molar-refractivity contribution in [1.82, 2.24) is 10.2 Å². The highest BCUT2D eigenvalue weighted by Gasteiger charge is 2.30. The van der Waals surface area contributed by atoms with Crippen molar-refractivity contribution in [2.45, 2.75) is 45.6 Å². The van der Waals surface area contributed by atoms with Crippen LogP contribution in [0.3, 0.4) is 0 Å². The summed E-state index contributed by atoms with van der Waals surface area (Å²) in [6.45, 7) is 8.73. The molecule has 1 heterocycles. The standard InChI is InChI=1S/C14H28N2/c1-11(2)13-7-14(15-3)10-16(9-13)8-12-5-4-6-12/h11-15H,4-10H2,1-3H3. The van der Waals surface area contributed by atoms with Gasteiger partial charge in [-0.15, -0.1) is 0 Å². The van der Waals surface area contributed by atoms with Crippen LogP contribution in [0.25, 0.3) is 0 Å². The van der Waals surface area contributed by atoms with E-state index in [0.29, 0.717) is 0 Å². The van der Waals surface area contributed by atoms with Gasteiger partial charge in [-0.25, -0.2) is 0 Å². The van der Waals surface area contributed by atoms with Crippen LogP contribution < -0.4 is 5.32 Å². The Hall–Kier alpha value is -0.0800. The van der Waals surface area contributed by atoms with E-state index in [4.69, 9.17) is 0 Å². The minimum absolute atomic E-state index is 0.723. The summed E-state index contributed by atoms with van der Waals surface area (Å²) in [6, 6.07) is 0.723. The molecule has 0 amide bonds. The molecule has 2 aliphatic rings. The molecular formula is C14H28N2. The number of likely N-dealkylation sites (tertiary alicyclic amines) is 1. The van der Waals surface area contributed by atoms with E-state index in [1.165, 1.54) is 45.3 Å². The predicted molar refractivity (Wildman–Crippen MR) is 69.6 cm³/mol. The SMILES string of the molecule is CNC1CC(C(C)C)CN(CC2CCC2)C1. The van der Waals surface area contributed by atoms with Crippen molar-refractivity contribution in [2.24, 2.45) is 17.8 Å². The second-order valence-electron chi connectivity index (χ2n) is 6.24. The van der Waals surface area contributed by atoms with E-state index in [1.807, 2.05) is 0 Å². The van der Waals surface area contributed by atoms with Gasteiger partial charge in [0.25, 0.3) is 0 Å². The molecule has 0 spiro atoms. The molecule has 2 fully saturated rings. The van der Waals surface area contributed by atoms with Crippen LogP contribution in [0.2, 0.25) is 0 Å². The number of nitrogens with zero attached hydrogens (tertiary/aromatic N) is 1. The van der Waals surface area contributed by atoms with E-state index < -0.39 is 0 Å². The number of likely N-dealkylation sites (N-methyl/N-ethyl adjacent to an activating group) is 1. The Morgan fingerprint density at radius 2 is 2.00 bits per heavy atom. The van der Waals surface area contributed by atoms with Crippen molar-refractivity contribution in [3.63, 3.8) is 0 Å². The molecule has 0 aromatic heterocycles. The summed E-state index contributed by atoms with van der Waals surface area (Å²) in [5.74, 6) is 2.75. The summed E-state index contributed by atoms with van der Waals surface area (Å²) in [7, 11) is 2.12. The minimum atomic E-state index is 0.723. The third-order valence-corrected chi connectivity index (χ3v) is 4.65. The number of hydrogen-bond donors (Lipinski definition) is 1. The quantitative estimate of drug-likeness (QED) is 0.788. The van der Waals surface area contributed by atoms with Gasteiger partial charge in [-0.05, 0) is 44.1 Å². The Kier molecular flexibility index (Phi) is 4.26. The van der Waals surface area contributed by atoms with E-state index in [2.05, 4.69) is 31.1 Å². The molecule has 2 atom stereocenters. The fraction of sp³-hybridized carbons (Fsp3) is 1.00. The molecule has 0 aromatic rings. The predicted octanol–water partition coefficient (Wildman–Crippen LogP) is 2.35. The smallest absolute Gasteiger partial charge is 0.0195 e. The first kappa shape index (κ1) is 12.4. The first-order valence-electron chi connectivity index (χ1n) is 7.08. The van der Waals surface area contributed by atoms with E-state index in [-0.39, 0.29) is 0 Å². The molecule has 1 saturated heterocycles. The number of piperidine rings is 1. The highest BCUT2D eigenvalue weighted by atomic mass is 15.2. The molecule has 0 bridgehead atoms. The zero-order valence-corrected chi connectivity index (χ0v) is 11.2. The Balaban J connectivity index is 1.85. The summed E-state index contributed by atoms with van der Waals surface area (Å²) in [6.07, 6.45) is 5.80. The minimum Gasteiger partial charge on any atom is -0.316 e. The summed E-state index contributed by atoms with van der Waals surface area (Å²) in [5.41, 5.74) is 0. The van der Waals surface area contributed by atoms with Crippen molar-refractivity contribution in [1.29, 1.82) is 0 Å². The Bertz CT molecular complexity index is 209. The first-order chi connectivity index (χ1) is 7.69. The lowest BCUT2D eigenvalue weighted by atomic mass is 9.82. The molecule has 1 N–H and O–H groups in total. The normalized spacial score (nSPS) is 33.0. The van der Waals surface area contributed by atoms with Gasteiger partial charge in [0.2, 0.25) is 0 Å². The van der Waals surface area contributed by atoms with Crippen LogP contribution in [0.4, 0.5) is 0 Å². The fourth-order valence-electron chi connectivity index (χ4n) is 3.11. The Morgan fingerprint density at radius 3 is 2.50 bits per heavy atom. The van der Waals surface area contributed by atoms with E-state index in [0.717, 1.165) is 23.8 Å². The van der Waals surface area contributed by atoms with Gasteiger partial charge >= 0.3 is 0 Å². The van der Waals surface area contributed by atoms with Crippen molar-refractivity contribution < 1.29 is 0 Å². The summed E-state index contributed by atoms with van der Waals surface area (Å²) >= 11 is 0. The molecule has 1 aliphatic carbocycles. The van der Waals surface area contributed by atoms with Gasteiger partial charge in [-0.1, -0.05) is 20.3 Å². The molecule has 94 valence electrons. The van der Waals surface area contributed by atoms with Crippen molar-refractivity contribution >= 4 is 0 Å². The van der Waals surface area contributed by atoms with E-state index in [9.17, 15) is 0 Å². The highest BCUT2D eigenvalue weighted by Crippen LogP contribution is 2.30. The molecule has 0 radical (unpaired) electrons. The number of hydrogen-bond acceptors (Lipinski definition) is 2. The maximum Gasteiger partial charge on any atom is 0.0195 e. The van der Waals surface area contributed by atoms with Crippen LogP contribution in [-0.2, 0) is 0 Å². The van der Waals surface area contributed by atoms with E-state index in [1.54, 1.807) is 0 Å². The lowest BCUT2D eigenvalue weighted by Crippen LogP contribution is -2.51. The van der Waals surface area contributed by atoms with Crippen molar-refractivity contribution in [3.05, 3.63) is 0 Å². The fourth-order valence-corrected chi connectivity index (χ4v) is 3.11. The van der Waals surface area contributed by atoms with E-state index >= 15 is 0 Å².